The second kappa shape index (κ2) is 11.3. The lowest BCUT2D eigenvalue weighted by atomic mass is 10.2. The first kappa shape index (κ1) is 24.7. The average Bonchev–Trinajstić information content (AvgIpc) is 3.55. The van der Waals surface area contributed by atoms with Crippen LogP contribution in [0.25, 0.3) is 31.8 Å². The molecule has 0 aliphatic heterocycles. The SMILES string of the molecule is C=CC.CNc1csc(-c2cc3cccc(O)c3o2)c1C(=O)O.O=Cc1nc2ccccc2s1. The van der Waals surface area contributed by atoms with Gasteiger partial charge in [0.15, 0.2) is 22.6 Å². The third kappa shape index (κ3) is 5.33. The summed E-state index contributed by atoms with van der Waals surface area (Å²) in [7, 11) is 1.67. The number of carboxylic acids is 1. The number of fused-ring (bicyclic) bond motifs is 2. The first-order valence-corrected chi connectivity index (χ1v) is 11.7. The van der Waals surface area contributed by atoms with Crippen molar-refractivity contribution in [3.05, 3.63) is 77.1 Å². The second-order valence-electron chi connectivity index (χ2n) is 6.76. The van der Waals surface area contributed by atoms with Crippen molar-refractivity contribution < 1.29 is 24.2 Å². The van der Waals surface area contributed by atoms with E-state index in [2.05, 4.69) is 16.9 Å². The molecule has 0 saturated heterocycles. The summed E-state index contributed by atoms with van der Waals surface area (Å²) in [6.45, 7) is 5.25. The van der Waals surface area contributed by atoms with E-state index in [1.165, 1.54) is 28.7 Å². The van der Waals surface area contributed by atoms with Crippen molar-refractivity contribution in [2.24, 2.45) is 0 Å². The number of aldehydes is 1. The Morgan fingerprint density at radius 2 is 1.94 bits per heavy atom. The van der Waals surface area contributed by atoms with Crippen molar-refractivity contribution in [2.75, 3.05) is 12.4 Å². The Kier molecular flexibility index (Phi) is 8.18. The van der Waals surface area contributed by atoms with Gasteiger partial charge in [0.05, 0.1) is 20.8 Å². The zero-order chi connectivity index (χ0) is 24.7. The molecule has 0 aliphatic carbocycles. The van der Waals surface area contributed by atoms with Crippen LogP contribution in [-0.2, 0) is 0 Å². The van der Waals surface area contributed by atoms with Gasteiger partial charge in [-0.1, -0.05) is 30.3 Å². The lowest BCUT2D eigenvalue weighted by Crippen LogP contribution is -2.00. The number of nitrogens with one attached hydrogen (secondary N) is 1. The van der Waals surface area contributed by atoms with Crippen LogP contribution in [0, 0.1) is 0 Å². The number of aromatic hydroxyl groups is 1. The number of rotatable bonds is 4. The fraction of sp³-hybridized carbons (Fsp3) is 0.0800. The van der Waals surface area contributed by atoms with E-state index in [4.69, 9.17) is 4.42 Å². The first-order valence-electron chi connectivity index (χ1n) is 10.1. The number of anilines is 1. The van der Waals surface area contributed by atoms with Crippen LogP contribution in [0.15, 0.2) is 71.0 Å². The molecule has 0 amide bonds. The number of carbonyl (C=O) groups is 2. The van der Waals surface area contributed by atoms with Gasteiger partial charge in [0.1, 0.15) is 11.3 Å². The molecule has 174 valence electrons. The molecule has 34 heavy (non-hydrogen) atoms. The van der Waals surface area contributed by atoms with Crippen LogP contribution in [-0.4, -0.2) is 34.5 Å². The van der Waals surface area contributed by atoms with E-state index < -0.39 is 5.97 Å². The van der Waals surface area contributed by atoms with E-state index in [1.54, 1.807) is 36.7 Å². The standard InChI is InChI=1S/C14H11NO4S.C8H5NOS.C3H6/c1-15-8-6-20-13(11(8)14(17)18)10-5-7-3-2-4-9(16)12(7)19-10;10-5-8-9-6-3-1-2-4-7(6)11-8;1-3-2/h2-6,15-16H,1H3,(H,17,18);1-5H;3H,1H2,2H3. The number of carbonyl (C=O) groups excluding carboxylic acids is 1. The molecule has 0 aliphatic rings. The van der Waals surface area contributed by atoms with Gasteiger partial charge in [0.2, 0.25) is 0 Å². The number of phenols is 1. The monoisotopic (exact) mass is 494 g/mol. The topological polar surface area (TPSA) is 113 Å². The van der Waals surface area contributed by atoms with Crippen LogP contribution in [0.5, 0.6) is 5.75 Å². The lowest BCUT2D eigenvalue weighted by Gasteiger charge is -2.00. The van der Waals surface area contributed by atoms with Crippen molar-refractivity contribution >= 4 is 61.8 Å². The number of hydrogen-bond acceptors (Lipinski definition) is 8. The molecule has 5 rings (SSSR count). The number of phenolic OH excluding ortho intramolecular Hbond substituents is 1. The van der Waals surface area contributed by atoms with Gasteiger partial charge in [-0.05, 0) is 31.2 Å². The number of hydrogen-bond donors (Lipinski definition) is 3. The molecule has 2 aromatic carbocycles. The summed E-state index contributed by atoms with van der Waals surface area (Å²) in [6, 6.07) is 14.5. The maximum absolute atomic E-state index is 11.4. The molecule has 0 saturated carbocycles. The van der Waals surface area contributed by atoms with Gasteiger partial charge < -0.3 is 19.9 Å². The summed E-state index contributed by atoms with van der Waals surface area (Å²) in [4.78, 5) is 26.3. The molecule has 0 unspecified atom stereocenters. The van der Waals surface area contributed by atoms with E-state index in [1.807, 2.05) is 31.2 Å². The van der Waals surface area contributed by atoms with Crippen LogP contribution in [0.2, 0.25) is 0 Å². The van der Waals surface area contributed by atoms with Gasteiger partial charge in [0.25, 0.3) is 0 Å². The number of nitrogens with zero attached hydrogens (tertiary/aromatic N) is 1. The van der Waals surface area contributed by atoms with Gasteiger partial charge in [-0.25, -0.2) is 9.78 Å². The van der Waals surface area contributed by atoms with Gasteiger partial charge in [-0.15, -0.1) is 29.3 Å². The van der Waals surface area contributed by atoms with Crippen LogP contribution in [0.4, 0.5) is 5.69 Å². The smallest absolute Gasteiger partial charge is 0.339 e. The Balaban J connectivity index is 0.000000194. The maximum Gasteiger partial charge on any atom is 0.339 e. The molecular formula is C25H22N2O5S2. The fourth-order valence-electron chi connectivity index (χ4n) is 3.04. The molecule has 5 aromatic rings. The quantitative estimate of drug-likeness (QED) is 0.184. The van der Waals surface area contributed by atoms with Crippen molar-refractivity contribution in [2.45, 2.75) is 6.92 Å². The summed E-state index contributed by atoms with van der Waals surface area (Å²) in [5.74, 6) is -0.545. The minimum Gasteiger partial charge on any atom is -0.504 e. The number of thiophene rings is 1. The molecule has 0 spiro atoms. The predicted octanol–water partition coefficient (Wildman–Crippen LogP) is 6.91. The molecule has 3 N–H and O–H groups in total. The van der Waals surface area contributed by atoms with Crippen LogP contribution in [0.1, 0.15) is 27.1 Å². The largest absolute Gasteiger partial charge is 0.504 e. The van der Waals surface area contributed by atoms with E-state index >= 15 is 0 Å². The highest BCUT2D eigenvalue weighted by molar-refractivity contribution is 7.20. The number of furan rings is 1. The molecule has 0 fully saturated rings. The highest BCUT2D eigenvalue weighted by atomic mass is 32.1. The van der Waals surface area contributed by atoms with E-state index in [0.29, 0.717) is 26.9 Å². The number of aromatic nitrogens is 1. The average molecular weight is 495 g/mol. The fourth-order valence-corrected chi connectivity index (χ4v) is 4.82. The number of benzene rings is 2. The molecule has 3 heterocycles. The highest BCUT2D eigenvalue weighted by Gasteiger charge is 2.22. The Bertz CT molecular complexity index is 1420. The summed E-state index contributed by atoms with van der Waals surface area (Å²) in [5, 5.41) is 24.9. The number of carboxylic acid groups (broad SMARTS) is 1. The summed E-state index contributed by atoms with van der Waals surface area (Å²) < 4.78 is 6.67. The van der Waals surface area contributed by atoms with Crippen LogP contribution < -0.4 is 5.32 Å². The molecular weight excluding hydrogens is 472 g/mol. The number of thiazole rings is 1. The van der Waals surface area contributed by atoms with Crippen molar-refractivity contribution in [1.29, 1.82) is 0 Å². The van der Waals surface area contributed by atoms with Crippen LogP contribution >= 0.6 is 22.7 Å². The van der Waals surface area contributed by atoms with Crippen molar-refractivity contribution in [3.8, 4) is 16.4 Å². The number of para-hydroxylation sites is 2. The van der Waals surface area contributed by atoms with Crippen LogP contribution in [0.3, 0.4) is 0 Å². The molecule has 0 atom stereocenters. The lowest BCUT2D eigenvalue weighted by molar-refractivity contribution is 0.0699. The summed E-state index contributed by atoms with van der Waals surface area (Å²) in [5.41, 5.74) is 1.98. The third-order valence-corrected chi connectivity index (χ3v) is 6.39. The molecule has 9 heteroatoms. The predicted molar refractivity (Wildman–Crippen MR) is 139 cm³/mol. The van der Waals surface area contributed by atoms with E-state index in [9.17, 15) is 19.8 Å². The number of aromatic carboxylic acids is 1. The summed E-state index contributed by atoms with van der Waals surface area (Å²) in [6.07, 6.45) is 2.53. The zero-order valence-corrected chi connectivity index (χ0v) is 20.1. The van der Waals surface area contributed by atoms with Crippen molar-refractivity contribution in [3.63, 3.8) is 0 Å². The van der Waals surface area contributed by atoms with Crippen molar-refractivity contribution in [1.82, 2.24) is 4.98 Å². The van der Waals surface area contributed by atoms with Gasteiger partial charge in [-0.3, -0.25) is 4.79 Å². The normalized spacial score (nSPS) is 10.1. The van der Waals surface area contributed by atoms with Gasteiger partial charge >= 0.3 is 5.97 Å². The molecule has 3 aromatic heterocycles. The molecule has 0 radical (unpaired) electrons. The Labute approximate surface area is 203 Å². The summed E-state index contributed by atoms with van der Waals surface area (Å²) >= 11 is 2.70. The molecule has 0 bridgehead atoms. The third-order valence-electron chi connectivity index (χ3n) is 4.43. The Morgan fingerprint density at radius 1 is 1.21 bits per heavy atom. The first-order chi connectivity index (χ1) is 16.4. The minimum absolute atomic E-state index is 0.0380. The van der Waals surface area contributed by atoms with E-state index in [-0.39, 0.29) is 11.3 Å². The van der Waals surface area contributed by atoms with Gasteiger partial charge in [0, 0.05) is 17.8 Å². The Morgan fingerprint density at radius 3 is 2.56 bits per heavy atom. The number of allylic oxidation sites excluding steroid dienone is 1. The van der Waals surface area contributed by atoms with E-state index in [0.717, 1.165) is 21.9 Å². The minimum atomic E-state index is -1.02. The molecule has 7 nitrogen and oxygen atoms in total. The maximum atomic E-state index is 11.4. The highest BCUT2D eigenvalue weighted by Crippen LogP contribution is 2.40. The van der Waals surface area contributed by atoms with Gasteiger partial charge in [-0.2, -0.15) is 0 Å². The second-order valence-corrected chi connectivity index (χ2v) is 8.70. The zero-order valence-electron chi connectivity index (χ0n) is 18.4. The Hall–Kier alpha value is -3.95.